The predicted molar refractivity (Wildman–Crippen MR) is 321 cm³/mol. The Morgan fingerprint density at radius 1 is 0.557 bits per heavy atom. The molecule has 554 valence electrons. The molecule has 1 spiro atoms. The Labute approximate surface area is 560 Å². The lowest BCUT2D eigenvalue weighted by Crippen LogP contribution is -2.68. The Bertz CT molecular complexity index is 2800. The van der Waals surface area contributed by atoms with Gasteiger partial charge in [-0.1, -0.05) is 44.9 Å². The van der Waals surface area contributed by atoms with Crippen LogP contribution in [0.2, 0.25) is 0 Å². The third kappa shape index (κ3) is 13.0. The van der Waals surface area contributed by atoms with Gasteiger partial charge in [-0.3, -0.25) is 9.59 Å². The average Bonchev–Trinajstić information content (AvgIpc) is 1.50. The largest absolute Gasteiger partial charge is 0.458 e. The number of hydrogen-bond donors (Lipinski definition) is 17. The SMILES string of the molecule is C=C(C)CCC[C@]1(C)OC(=O)[C@]23CC[C@@H]4C(=CC[C@H]5C(C)(C)[C@@H](O[C@@H]6OC[C@@H](O)[C@H](O[C@@H]7O[C@H](CO)[C@@H](O)[C@H](O[C@@H]8O[C@H](CO)[C@@H](O)[C@H](O)[C@H]8O)[C@H]7O)[C@H]6O[C@@H]6O[C@H](C)[C@@H](O[C@@H]7[C@@H](O)[C@H](O[C@@H]8[C@@H](O)[C@H](O)[C@@H](CO)O[C@H]8O)[C@@H](CO)O[C@H]7O)[C@H](O)[C@H]6O)CC[C@]45C)[C@]2(C)CC(=O)[C@@H]31. The highest BCUT2D eigenvalue weighted by molar-refractivity contribution is 5.99. The molecule has 3 saturated carbocycles. The lowest BCUT2D eigenvalue weighted by Gasteiger charge is -2.63. The van der Waals surface area contributed by atoms with E-state index in [0.29, 0.717) is 44.9 Å². The Morgan fingerprint density at radius 2 is 1.10 bits per heavy atom. The summed E-state index contributed by atoms with van der Waals surface area (Å²) in [5.74, 6) is -1.06. The van der Waals surface area contributed by atoms with Crippen LogP contribution >= 0.6 is 0 Å². The van der Waals surface area contributed by atoms with Gasteiger partial charge in [-0.05, 0) is 94.8 Å². The van der Waals surface area contributed by atoms with Crippen molar-refractivity contribution in [2.45, 2.75) is 296 Å². The molecule has 97 heavy (non-hydrogen) atoms. The third-order valence-corrected chi connectivity index (χ3v) is 23.9. The second-order valence-corrected chi connectivity index (χ2v) is 30.2. The molecule has 0 aromatic heterocycles. The van der Waals surface area contributed by atoms with Crippen LogP contribution in [-0.4, -0.2) is 321 Å². The maximum absolute atomic E-state index is 14.6. The molecular weight excluding hydrogens is 1290 g/mol. The highest BCUT2D eigenvalue weighted by Gasteiger charge is 2.79. The van der Waals surface area contributed by atoms with Crippen molar-refractivity contribution in [1.82, 2.24) is 0 Å². The van der Waals surface area contributed by atoms with Crippen molar-refractivity contribution in [2.24, 2.45) is 39.4 Å². The zero-order valence-electron chi connectivity index (χ0n) is 55.5. The van der Waals surface area contributed by atoms with Crippen molar-refractivity contribution in [1.29, 1.82) is 0 Å². The van der Waals surface area contributed by atoms with Crippen LogP contribution in [0.25, 0.3) is 0 Å². The van der Waals surface area contributed by atoms with Crippen LogP contribution in [0.4, 0.5) is 0 Å². The van der Waals surface area contributed by atoms with Crippen molar-refractivity contribution in [2.75, 3.05) is 33.0 Å². The number of allylic oxidation sites excluding steroid dienone is 3. The van der Waals surface area contributed by atoms with Crippen LogP contribution < -0.4 is 0 Å². The summed E-state index contributed by atoms with van der Waals surface area (Å²) in [6.07, 6.45) is -47.0. The molecule has 17 N–H and O–H groups in total. The van der Waals surface area contributed by atoms with Crippen molar-refractivity contribution >= 4 is 11.8 Å². The standard InChI is InChI=1S/C65H102O32/c1-24(2)10-9-15-64(8)53-28(70)18-63(7)27-11-12-34-61(4,5)35(14-16-62(34,6)26(27)13-17-65(53,63)60(84)97-64)91-59-52(47(29(71)23-85-59)94-58-45(81)49(38(74)32(21-68)90-58)95-57-42(78)39(75)36(72)31(20-67)89-57)96-56-43(79)41(77)46(25(3)86-56)92-51-44(80)48(33(22-69)88-55(51)83)93-50-40(76)37(73)30(19-66)87-54(50)82/h11,25-26,29-59,66-69,71-83H,1,9-10,12-23H2,2-8H3/t25-,26-,29-,30-,31-,32-,33-,34+,35+,36-,37-,38-,39+,40+,41-,42-,43-,44+,45-,46-,47+,48-,49+,50-,51-,52-,53-,54-,55-,56+,57+,58+,59+,62-,63+,64+,65-/m1/s1. The molecule has 0 bridgehead atoms. The molecule has 10 fully saturated rings. The molecule has 0 amide bonds. The molecular formula is C65H102O32. The lowest BCUT2D eigenvalue weighted by atomic mass is 9.41. The molecule has 32 nitrogen and oxygen atoms in total. The number of aliphatic hydroxyl groups excluding tert-OH is 17. The van der Waals surface area contributed by atoms with Gasteiger partial charge in [0.25, 0.3) is 0 Å². The minimum absolute atomic E-state index is 0.0272. The number of aliphatic hydroxyl groups is 17. The summed E-state index contributed by atoms with van der Waals surface area (Å²) in [6, 6.07) is 0. The quantitative estimate of drug-likeness (QED) is 0.0400. The van der Waals surface area contributed by atoms with Crippen LogP contribution in [0.15, 0.2) is 23.8 Å². The van der Waals surface area contributed by atoms with Crippen molar-refractivity contribution in [3.8, 4) is 0 Å². The van der Waals surface area contributed by atoms with Gasteiger partial charge in [-0.15, -0.1) is 6.58 Å². The van der Waals surface area contributed by atoms with E-state index in [-0.39, 0.29) is 30.0 Å². The second-order valence-electron chi connectivity index (χ2n) is 30.2. The fourth-order valence-corrected chi connectivity index (χ4v) is 18.7. The number of carbonyl (C=O) groups excluding carboxylic acids is 2. The van der Waals surface area contributed by atoms with Crippen molar-refractivity contribution in [3.05, 3.63) is 23.8 Å². The maximum atomic E-state index is 14.6. The molecule has 0 aromatic carbocycles. The van der Waals surface area contributed by atoms with E-state index >= 15 is 0 Å². The first-order valence-corrected chi connectivity index (χ1v) is 33.9. The highest BCUT2D eigenvalue weighted by Crippen LogP contribution is 2.75. The number of ketones is 1. The summed E-state index contributed by atoms with van der Waals surface area (Å²) in [5.41, 5.74) is -1.87. The van der Waals surface area contributed by atoms with Gasteiger partial charge in [0.15, 0.2) is 37.7 Å². The first-order chi connectivity index (χ1) is 45.7. The van der Waals surface area contributed by atoms with E-state index in [0.717, 1.165) is 17.6 Å². The summed E-state index contributed by atoms with van der Waals surface area (Å²) in [4.78, 5) is 29.1. The summed E-state index contributed by atoms with van der Waals surface area (Å²) in [6.45, 7) is 13.6. The number of ether oxygens (including phenoxy) is 13. The summed E-state index contributed by atoms with van der Waals surface area (Å²) >= 11 is 0. The van der Waals surface area contributed by atoms with Gasteiger partial charge in [-0.2, -0.15) is 0 Å². The van der Waals surface area contributed by atoms with E-state index in [1.165, 1.54) is 6.92 Å². The zero-order valence-corrected chi connectivity index (χ0v) is 55.5. The number of esters is 1. The van der Waals surface area contributed by atoms with Crippen LogP contribution in [0, 0.1) is 39.4 Å². The molecule has 32 heteroatoms. The maximum Gasteiger partial charge on any atom is 0.314 e. The molecule has 37 atom stereocenters. The smallest absolute Gasteiger partial charge is 0.314 e. The van der Waals surface area contributed by atoms with Crippen LogP contribution in [0.1, 0.15) is 106 Å². The molecule has 0 radical (unpaired) electrons. The molecule has 11 aliphatic rings. The van der Waals surface area contributed by atoms with E-state index in [4.69, 9.17) is 61.6 Å². The van der Waals surface area contributed by atoms with E-state index in [2.05, 4.69) is 40.3 Å². The van der Waals surface area contributed by atoms with Crippen molar-refractivity contribution < 1.29 is 158 Å². The van der Waals surface area contributed by atoms with Crippen molar-refractivity contribution in [3.63, 3.8) is 0 Å². The number of fused-ring (bicyclic) bond motifs is 4. The minimum Gasteiger partial charge on any atom is -0.458 e. The van der Waals surface area contributed by atoms with Gasteiger partial charge in [0.2, 0.25) is 0 Å². The molecule has 7 heterocycles. The van der Waals surface area contributed by atoms with E-state index in [9.17, 15) is 96.4 Å². The monoisotopic (exact) mass is 1390 g/mol. The van der Waals surface area contributed by atoms with Crippen LogP contribution in [0.3, 0.4) is 0 Å². The lowest BCUT2D eigenvalue weighted by molar-refractivity contribution is -0.399. The van der Waals surface area contributed by atoms with E-state index in [1.54, 1.807) is 0 Å². The Hall–Kier alpha value is -2.54. The Kier molecular flexibility index (Phi) is 22.5. The topological polar surface area (TPSA) is 498 Å². The predicted octanol–water partition coefficient (Wildman–Crippen LogP) is -5.21. The first kappa shape index (κ1) is 75.6. The van der Waals surface area contributed by atoms with Gasteiger partial charge < -0.3 is 148 Å². The average molecular weight is 1400 g/mol. The fraction of sp³-hybridized carbons (Fsp3) is 0.908. The summed E-state index contributed by atoms with van der Waals surface area (Å²) in [7, 11) is 0. The molecule has 11 rings (SSSR count). The fourth-order valence-electron chi connectivity index (χ4n) is 18.7. The van der Waals surface area contributed by atoms with Gasteiger partial charge in [-0.25, -0.2) is 0 Å². The molecule has 0 aromatic rings. The number of Topliss-reactive ketones (excluding diaryl/α,β-unsaturated/α-hetero) is 1. The third-order valence-electron chi connectivity index (χ3n) is 23.9. The van der Waals surface area contributed by atoms with Crippen LogP contribution in [0.5, 0.6) is 0 Å². The Morgan fingerprint density at radius 3 is 1.75 bits per heavy atom. The molecule has 7 aliphatic heterocycles. The number of carbonyl (C=O) groups is 2. The zero-order chi connectivity index (χ0) is 70.7. The molecule has 0 unspecified atom stereocenters. The summed E-state index contributed by atoms with van der Waals surface area (Å²) in [5, 5.41) is 187. The summed E-state index contributed by atoms with van der Waals surface area (Å²) < 4.78 is 78.8. The molecule has 4 aliphatic carbocycles. The Balaban J connectivity index is 0.859. The number of hydrogen-bond acceptors (Lipinski definition) is 32. The number of rotatable bonds is 20. The first-order valence-electron chi connectivity index (χ1n) is 33.9. The van der Waals surface area contributed by atoms with E-state index in [1.807, 2.05) is 13.8 Å². The van der Waals surface area contributed by atoms with Gasteiger partial charge in [0, 0.05) is 11.8 Å². The number of cyclic esters (lactones) is 1. The van der Waals surface area contributed by atoms with Gasteiger partial charge in [0.1, 0.15) is 146 Å². The normalized spacial score (nSPS) is 52.9. The van der Waals surface area contributed by atoms with Crippen LogP contribution in [-0.2, 0) is 71.2 Å². The second kappa shape index (κ2) is 28.8. The highest BCUT2D eigenvalue weighted by atomic mass is 16.8. The van der Waals surface area contributed by atoms with Gasteiger partial charge >= 0.3 is 5.97 Å². The van der Waals surface area contributed by atoms with Gasteiger partial charge in [0.05, 0.1) is 56.6 Å². The molecule has 7 saturated heterocycles. The minimum atomic E-state index is -2.15. The van der Waals surface area contributed by atoms with E-state index < -0.39 is 250 Å².